The number of hydrogen-bond acceptors (Lipinski definition) is 8. The molecule has 3 aromatic heterocycles. The number of alkyl halides is 3. The van der Waals surface area contributed by atoms with Crippen molar-refractivity contribution < 1.29 is 32.3 Å². The van der Waals surface area contributed by atoms with Gasteiger partial charge in [-0.25, -0.2) is 9.78 Å². The number of fused-ring (bicyclic) bond motifs is 2. The molecule has 3 fully saturated rings. The molecule has 55 heavy (non-hydrogen) atoms. The highest BCUT2D eigenvalue weighted by molar-refractivity contribution is 6.32. The second kappa shape index (κ2) is 14.1. The number of ether oxygens (including phenoxy) is 1. The van der Waals surface area contributed by atoms with Gasteiger partial charge in [0.15, 0.2) is 0 Å². The largest absolute Gasteiger partial charge is 0.494 e. The molecule has 5 heterocycles. The number of imidazole rings is 1. The molecule has 8 rings (SSSR count). The quantitative estimate of drug-likeness (QED) is 0.188. The molecule has 5 aromatic rings. The lowest BCUT2D eigenvalue weighted by Gasteiger charge is -2.41. The summed E-state index contributed by atoms with van der Waals surface area (Å²) in [7, 11) is 3.14. The Morgan fingerprint density at radius 2 is 1.84 bits per heavy atom. The third-order valence-corrected chi connectivity index (χ3v) is 11.5. The summed E-state index contributed by atoms with van der Waals surface area (Å²) >= 11 is 6.82. The van der Waals surface area contributed by atoms with Crippen LogP contribution in [-0.4, -0.2) is 73.3 Å². The van der Waals surface area contributed by atoms with E-state index in [1.807, 2.05) is 10.9 Å². The van der Waals surface area contributed by atoms with Gasteiger partial charge < -0.3 is 15.0 Å². The molecule has 2 aromatic carbocycles. The summed E-state index contributed by atoms with van der Waals surface area (Å²) in [5.74, 6) is -0.667. The zero-order valence-electron chi connectivity index (χ0n) is 30.0. The highest BCUT2D eigenvalue weighted by Crippen LogP contribution is 2.42. The average molecular weight is 779 g/mol. The van der Waals surface area contributed by atoms with Gasteiger partial charge in [-0.2, -0.15) is 18.3 Å². The van der Waals surface area contributed by atoms with E-state index < -0.39 is 29.7 Å². The normalized spacial score (nSPS) is 21.2. The van der Waals surface area contributed by atoms with E-state index in [1.165, 1.54) is 17.7 Å². The summed E-state index contributed by atoms with van der Waals surface area (Å²) in [6, 6.07) is 9.56. The van der Waals surface area contributed by atoms with Crippen LogP contribution in [0.15, 0.2) is 53.5 Å². The van der Waals surface area contributed by atoms with Crippen LogP contribution in [0.5, 0.6) is 5.75 Å². The Morgan fingerprint density at radius 3 is 2.55 bits per heavy atom. The van der Waals surface area contributed by atoms with E-state index in [2.05, 4.69) is 20.5 Å². The number of imide groups is 1. The van der Waals surface area contributed by atoms with E-state index in [4.69, 9.17) is 21.4 Å². The third-order valence-electron chi connectivity index (χ3n) is 11.2. The molecule has 0 radical (unpaired) electrons. The maximum atomic E-state index is 13.5. The first-order chi connectivity index (χ1) is 26.3. The Bertz CT molecular complexity index is 2410. The van der Waals surface area contributed by atoms with Crippen LogP contribution in [0.2, 0.25) is 5.02 Å². The van der Waals surface area contributed by atoms with E-state index in [0.717, 1.165) is 73.9 Å². The SMILES string of the molecule is COc1cc2nn([C@H]3C[C@H](CN4CCC(c5c(Cl)ccc6c5n(C)c(=O)n6[C@H]5CCC(=O)NC5=O)CC4)C3)cc2cc1NC(=O)c1cccc(C(F)(F)F)n1. The lowest BCUT2D eigenvalue weighted by Crippen LogP contribution is -2.44. The molecule has 13 nitrogen and oxygen atoms in total. The Morgan fingerprint density at radius 1 is 1.07 bits per heavy atom. The second-order valence-electron chi connectivity index (χ2n) is 14.7. The monoisotopic (exact) mass is 778 g/mol. The van der Waals surface area contributed by atoms with Crippen LogP contribution in [0, 0.1) is 5.92 Å². The van der Waals surface area contributed by atoms with Crippen molar-refractivity contribution in [3.63, 3.8) is 0 Å². The Labute approximate surface area is 317 Å². The van der Waals surface area contributed by atoms with E-state index >= 15 is 0 Å². The van der Waals surface area contributed by atoms with Crippen LogP contribution < -0.4 is 21.1 Å². The summed E-state index contributed by atoms with van der Waals surface area (Å²) in [4.78, 5) is 56.8. The smallest absolute Gasteiger partial charge is 0.433 e. The van der Waals surface area contributed by atoms with Gasteiger partial charge in [0.1, 0.15) is 23.2 Å². The molecule has 2 aliphatic heterocycles. The van der Waals surface area contributed by atoms with Crippen LogP contribution in [0.25, 0.3) is 21.9 Å². The van der Waals surface area contributed by atoms with Gasteiger partial charge >= 0.3 is 11.9 Å². The number of benzene rings is 2. The molecule has 1 aliphatic carbocycles. The molecule has 1 saturated carbocycles. The number of nitrogens with zero attached hydrogens (tertiary/aromatic N) is 6. The minimum absolute atomic E-state index is 0.134. The molecule has 0 spiro atoms. The van der Waals surface area contributed by atoms with Gasteiger partial charge in [0.05, 0.1) is 35.4 Å². The number of carbonyl (C=O) groups excluding carboxylic acids is 3. The number of halogens is 4. The van der Waals surface area contributed by atoms with Gasteiger partial charge in [-0.1, -0.05) is 17.7 Å². The number of rotatable bonds is 8. The van der Waals surface area contributed by atoms with Crippen molar-refractivity contribution in [1.82, 2.24) is 34.1 Å². The Kier molecular flexibility index (Phi) is 9.44. The third kappa shape index (κ3) is 6.86. The maximum Gasteiger partial charge on any atom is 0.433 e. The van der Waals surface area contributed by atoms with Gasteiger partial charge in [0, 0.05) is 42.7 Å². The first kappa shape index (κ1) is 36.7. The number of pyridine rings is 1. The fourth-order valence-corrected chi connectivity index (χ4v) is 8.67. The summed E-state index contributed by atoms with van der Waals surface area (Å²) in [6.45, 7) is 2.69. The number of carbonyl (C=O) groups is 3. The predicted octanol–water partition coefficient (Wildman–Crippen LogP) is 5.83. The van der Waals surface area contributed by atoms with Gasteiger partial charge in [-0.05, 0) is 92.9 Å². The van der Waals surface area contributed by atoms with E-state index in [0.29, 0.717) is 33.4 Å². The second-order valence-corrected chi connectivity index (χ2v) is 15.1. The van der Waals surface area contributed by atoms with Crippen LogP contribution >= 0.6 is 11.6 Å². The van der Waals surface area contributed by atoms with Crippen LogP contribution in [-0.2, 0) is 22.8 Å². The molecule has 1 atom stereocenters. The predicted molar refractivity (Wildman–Crippen MR) is 197 cm³/mol. The van der Waals surface area contributed by atoms with Crippen molar-refractivity contribution in [2.75, 3.05) is 32.1 Å². The molecular weight excluding hydrogens is 741 g/mol. The van der Waals surface area contributed by atoms with Crippen LogP contribution in [0.3, 0.4) is 0 Å². The van der Waals surface area contributed by atoms with E-state index in [1.54, 1.807) is 35.9 Å². The lowest BCUT2D eigenvalue weighted by atomic mass is 9.79. The molecule has 0 unspecified atom stereocenters. The summed E-state index contributed by atoms with van der Waals surface area (Å²) in [5, 5.41) is 11.1. The first-order valence-electron chi connectivity index (χ1n) is 18.2. The number of aromatic nitrogens is 5. The number of anilines is 1. The van der Waals surface area contributed by atoms with E-state index in [9.17, 15) is 32.3 Å². The van der Waals surface area contributed by atoms with Crippen LogP contribution in [0.4, 0.5) is 18.9 Å². The number of hydrogen-bond donors (Lipinski definition) is 2. The summed E-state index contributed by atoms with van der Waals surface area (Å²) < 4.78 is 49.9. The number of likely N-dealkylation sites (tertiary alicyclic amines) is 1. The highest BCUT2D eigenvalue weighted by Gasteiger charge is 2.36. The molecule has 2 saturated heterocycles. The topological polar surface area (TPSA) is 145 Å². The van der Waals surface area contributed by atoms with Crippen molar-refractivity contribution in [3.05, 3.63) is 81.1 Å². The zero-order chi connectivity index (χ0) is 38.8. The lowest BCUT2D eigenvalue weighted by molar-refractivity contribution is -0.141. The number of aryl methyl sites for hydroxylation is 1. The Balaban J connectivity index is 0.899. The fraction of sp³-hybridized carbons (Fsp3) is 0.421. The van der Waals surface area contributed by atoms with Crippen molar-refractivity contribution in [3.8, 4) is 5.75 Å². The number of nitrogens with one attached hydrogen (secondary N) is 2. The standard InChI is InChI=1S/C38H38ClF3N8O5/c1-47-34-28(50(37(47)54)29-8-9-32(51)45-36(29)53)7-6-24(39)33(34)21-10-12-48(13-11-21)18-20-14-23(15-20)49-19-22-16-27(30(55-2)17-26(22)46-49)44-35(52)25-4-3-5-31(43-25)38(40,41)42/h3-7,16-17,19-21,23,29H,8-15,18H2,1-2H3,(H,44,52)(H,45,51,53)/t20-,23-,29-/m0/s1. The van der Waals surface area contributed by atoms with Gasteiger partial charge in [-0.15, -0.1) is 0 Å². The minimum atomic E-state index is -4.68. The van der Waals surface area contributed by atoms with Gasteiger partial charge in [-0.3, -0.25) is 33.5 Å². The van der Waals surface area contributed by atoms with Gasteiger partial charge in [0.2, 0.25) is 11.8 Å². The summed E-state index contributed by atoms with van der Waals surface area (Å²) in [6.07, 6.45) is 1.28. The Hall–Kier alpha value is -5.22. The fourth-order valence-electron chi connectivity index (χ4n) is 8.36. The maximum absolute atomic E-state index is 13.5. The van der Waals surface area contributed by atoms with Crippen molar-refractivity contribution in [2.24, 2.45) is 13.0 Å². The van der Waals surface area contributed by atoms with Crippen molar-refractivity contribution in [2.45, 2.75) is 62.7 Å². The molecule has 288 valence electrons. The first-order valence-corrected chi connectivity index (χ1v) is 18.5. The minimum Gasteiger partial charge on any atom is -0.494 e. The average Bonchev–Trinajstić information content (AvgIpc) is 3.66. The van der Waals surface area contributed by atoms with Crippen molar-refractivity contribution >= 4 is 56.9 Å². The zero-order valence-corrected chi connectivity index (χ0v) is 30.8. The molecule has 17 heteroatoms. The summed E-state index contributed by atoms with van der Waals surface area (Å²) in [5.41, 5.74) is 1.42. The van der Waals surface area contributed by atoms with E-state index in [-0.39, 0.29) is 42.1 Å². The van der Waals surface area contributed by atoms with Crippen molar-refractivity contribution in [1.29, 1.82) is 0 Å². The molecule has 3 aliphatic rings. The highest BCUT2D eigenvalue weighted by atomic mass is 35.5. The number of piperidine rings is 2. The molecule has 3 amide bonds. The molecule has 2 N–H and O–H groups in total. The number of methoxy groups -OCH3 is 1. The number of amides is 3. The van der Waals surface area contributed by atoms with Crippen LogP contribution in [0.1, 0.15) is 78.3 Å². The molecule has 0 bridgehead atoms. The van der Waals surface area contributed by atoms with Gasteiger partial charge in [0.25, 0.3) is 5.91 Å². The molecular formula is C38H38ClF3N8O5.